The largest absolute Gasteiger partial charge is 0.356 e. The highest BCUT2D eigenvalue weighted by atomic mass is 32.1. The summed E-state index contributed by atoms with van der Waals surface area (Å²) in [4.78, 5) is 18.4. The number of fused-ring (bicyclic) bond motifs is 1. The lowest BCUT2D eigenvalue weighted by atomic mass is 10.0. The maximum atomic E-state index is 4.64. The normalized spacial score (nSPS) is 23.8. The summed E-state index contributed by atoms with van der Waals surface area (Å²) in [5.41, 5.74) is 2.26. The first-order chi connectivity index (χ1) is 11.1. The van der Waals surface area contributed by atoms with E-state index in [1.54, 1.807) is 17.7 Å². The molecule has 0 N–H and O–H groups in total. The van der Waals surface area contributed by atoms with Crippen LogP contribution in [-0.2, 0) is 0 Å². The second-order valence-electron chi connectivity index (χ2n) is 7.06. The summed E-state index contributed by atoms with van der Waals surface area (Å²) in [6.45, 7) is 10.9. The van der Waals surface area contributed by atoms with Gasteiger partial charge in [-0.05, 0) is 12.8 Å². The van der Waals surface area contributed by atoms with Crippen LogP contribution in [0.15, 0.2) is 17.8 Å². The molecule has 0 spiro atoms. The molecule has 0 aromatic carbocycles. The van der Waals surface area contributed by atoms with Crippen LogP contribution in [0.1, 0.15) is 31.2 Å². The molecule has 2 fully saturated rings. The highest BCUT2D eigenvalue weighted by molar-refractivity contribution is 7.13. The highest BCUT2D eigenvalue weighted by Gasteiger charge is 2.41. The Morgan fingerprint density at radius 2 is 1.78 bits per heavy atom. The molecule has 0 bridgehead atoms. The van der Waals surface area contributed by atoms with Crippen LogP contribution in [0.4, 0.5) is 10.9 Å². The van der Waals surface area contributed by atoms with Gasteiger partial charge >= 0.3 is 0 Å². The number of nitrogens with zero attached hydrogens (tertiary/aromatic N) is 5. The smallest absolute Gasteiger partial charge is 0.185 e. The molecule has 122 valence electrons. The Labute approximate surface area is 141 Å². The predicted molar refractivity (Wildman–Crippen MR) is 94.4 cm³/mol. The van der Waals surface area contributed by atoms with Gasteiger partial charge in [-0.3, -0.25) is 0 Å². The van der Waals surface area contributed by atoms with Gasteiger partial charge in [0.25, 0.3) is 0 Å². The lowest BCUT2D eigenvalue weighted by Crippen LogP contribution is -2.29. The van der Waals surface area contributed by atoms with Crippen molar-refractivity contribution in [2.75, 3.05) is 36.0 Å². The maximum Gasteiger partial charge on any atom is 0.185 e. The topological polar surface area (TPSA) is 45.2 Å². The van der Waals surface area contributed by atoms with Crippen LogP contribution in [0.2, 0.25) is 0 Å². The van der Waals surface area contributed by atoms with Crippen LogP contribution in [-0.4, -0.2) is 41.1 Å². The Kier molecular flexibility index (Phi) is 3.71. The average Bonchev–Trinajstić information content (AvgIpc) is 3.20. The Balaban J connectivity index is 1.45. The van der Waals surface area contributed by atoms with E-state index in [0.717, 1.165) is 55.2 Å². The van der Waals surface area contributed by atoms with Gasteiger partial charge in [0.05, 0.1) is 5.69 Å². The molecule has 4 rings (SSSR count). The quantitative estimate of drug-likeness (QED) is 0.866. The van der Waals surface area contributed by atoms with Gasteiger partial charge in [0.2, 0.25) is 0 Å². The molecule has 2 unspecified atom stereocenters. The second-order valence-corrected chi connectivity index (χ2v) is 7.89. The number of rotatable bonds is 3. The van der Waals surface area contributed by atoms with Crippen LogP contribution in [0, 0.1) is 18.8 Å². The third kappa shape index (κ3) is 2.80. The van der Waals surface area contributed by atoms with Gasteiger partial charge in [0, 0.05) is 55.2 Å². The minimum absolute atomic E-state index is 0.447. The van der Waals surface area contributed by atoms with E-state index in [-0.39, 0.29) is 0 Å². The third-order valence-corrected chi connectivity index (χ3v) is 5.97. The maximum absolute atomic E-state index is 4.64. The molecule has 0 saturated carbocycles. The van der Waals surface area contributed by atoms with E-state index in [0.29, 0.717) is 5.92 Å². The first kappa shape index (κ1) is 14.9. The molecule has 4 heterocycles. The Morgan fingerprint density at radius 3 is 2.39 bits per heavy atom. The summed E-state index contributed by atoms with van der Waals surface area (Å²) in [5.74, 6) is 2.98. The monoisotopic (exact) mass is 329 g/mol. The Bertz CT molecular complexity index is 684. The van der Waals surface area contributed by atoms with E-state index < -0.39 is 0 Å². The summed E-state index contributed by atoms with van der Waals surface area (Å²) >= 11 is 1.77. The van der Waals surface area contributed by atoms with E-state index in [4.69, 9.17) is 0 Å². The number of aryl methyl sites for hydroxylation is 1. The van der Waals surface area contributed by atoms with Crippen molar-refractivity contribution in [3.05, 3.63) is 29.2 Å². The lowest BCUT2D eigenvalue weighted by Gasteiger charge is -2.22. The highest BCUT2D eigenvalue weighted by Crippen LogP contribution is 2.36. The first-order valence-electron chi connectivity index (χ1n) is 8.34. The lowest BCUT2D eigenvalue weighted by molar-refractivity contribution is 0.533. The molecule has 0 aliphatic carbocycles. The zero-order chi connectivity index (χ0) is 16.0. The van der Waals surface area contributed by atoms with Crippen molar-refractivity contribution in [1.82, 2.24) is 15.0 Å². The molecule has 2 aromatic rings. The Hall–Kier alpha value is -1.69. The molecule has 0 radical (unpaired) electrons. The SMILES string of the molecule is Cc1csc(N2CC3CN(c4cc(C(C)C)ncn4)CC3C2)n1. The van der Waals surface area contributed by atoms with Crippen molar-refractivity contribution < 1.29 is 0 Å². The minimum atomic E-state index is 0.447. The standard InChI is InChI=1S/C17H23N5S/c1-11(2)15-4-16(19-10-18-15)21-5-13-7-22(8-14(13)6-21)17-20-12(3)9-23-17/h4,9-11,13-14H,5-8H2,1-3H3. The van der Waals surface area contributed by atoms with Crippen LogP contribution in [0.25, 0.3) is 0 Å². The van der Waals surface area contributed by atoms with Gasteiger partial charge < -0.3 is 9.80 Å². The predicted octanol–water partition coefficient (Wildman–Crippen LogP) is 2.94. The zero-order valence-corrected chi connectivity index (χ0v) is 14.8. The first-order valence-corrected chi connectivity index (χ1v) is 9.22. The van der Waals surface area contributed by atoms with Gasteiger partial charge in [0.15, 0.2) is 5.13 Å². The second kappa shape index (κ2) is 5.74. The molecule has 23 heavy (non-hydrogen) atoms. The molecule has 0 amide bonds. The fourth-order valence-electron chi connectivity index (χ4n) is 3.67. The zero-order valence-electron chi connectivity index (χ0n) is 13.9. The van der Waals surface area contributed by atoms with Crippen molar-refractivity contribution in [2.45, 2.75) is 26.7 Å². The van der Waals surface area contributed by atoms with Gasteiger partial charge in [-0.15, -0.1) is 11.3 Å². The van der Waals surface area contributed by atoms with Crippen molar-refractivity contribution in [2.24, 2.45) is 11.8 Å². The van der Waals surface area contributed by atoms with Crippen molar-refractivity contribution >= 4 is 22.3 Å². The van der Waals surface area contributed by atoms with Gasteiger partial charge in [-0.2, -0.15) is 0 Å². The van der Waals surface area contributed by atoms with Crippen LogP contribution >= 0.6 is 11.3 Å². The molecule has 5 nitrogen and oxygen atoms in total. The van der Waals surface area contributed by atoms with E-state index >= 15 is 0 Å². The van der Waals surface area contributed by atoms with E-state index in [1.807, 2.05) is 0 Å². The van der Waals surface area contributed by atoms with Crippen molar-refractivity contribution in [3.8, 4) is 0 Å². The molecular formula is C17H23N5S. The van der Waals surface area contributed by atoms with E-state index in [1.165, 1.54) is 5.13 Å². The molecule has 2 saturated heterocycles. The molecule has 2 aliphatic heterocycles. The minimum Gasteiger partial charge on any atom is -0.356 e. The number of hydrogen-bond acceptors (Lipinski definition) is 6. The molecule has 2 aliphatic rings. The number of anilines is 2. The molecule has 2 aromatic heterocycles. The summed E-state index contributed by atoms with van der Waals surface area (Å²) in [7, 11) is 0. The van der Waals surface area contributed by atoms with Crippen LogP contribution in [0.5, 0.6) is 0 Å². The fourth-order valence-corrected chi connectivity index (χ4v) is 4.50. The number of hydrogen-bond donors (Lipinski definition) is 0. The third-order valence-electron chi connectivity index (χ3n) is 4.95. The number of thiazole rings is 1. The van der Waals surface area contributed by atoms with E-state index in [2.05, 4.69) is 57.0 Å². The summed E-state index contributed by atoms with van der Waals surface area (Å²) in [5, 5.41) is 3.33. The van der Waals surface area contributed by atoms with Crippen LogP contribution in [0.3, 0.4) is 0 Å². The summed E-state index contributed by atoms with van der Waals surface area (Å²) < 4.78 is 0. The van der Waals surface area contributed by atoms with Crippen molar-refractivity contribution in [1.29, 1.82) is 0 Å². The van der Waals surface area contributed by atoms with Gasteiger partial charge in [0.1, 0.15) is 12.1 Å². The van der Waals surface area contributed by atoms with Crippen molar-refractivity contribution in [3.63, 3.8) is 0 Å². The van der Waals surface area contributed by atoms with E-state index in [9.17, 15) is 0 Å². The molecule has 6 heteroatoms. The average molecular weight is 329 g/mol. The molecule has 2 atom stereocenters. The molecular weight excluding hydrogens is 306 g/mol. The summed E-state index contributed by atoms with van der Waals surface area (Å²) in [6, 6.07) is 2.16. The Morgan fingerprint density at radius 1 is 1.09 bits per heavy atom. The number of aromatic nitrogens is 3. The summed E-state index contributed by atoms with van der Waals surface area (Å²) in [6.07, 6.45) is 1.71. The fraction of sp³-hybridized carbons (Fsp3) is 0.588. The van der Waals surface area contributed by atoms with Gasteiger partial charge in [-0.25, -0.2) is 15.0 Å². The van der Waals surface area contributed by atoms with Crippen LogP contribution < -0.4 is 9.80 Å². The van der Waals surface area contributed by atoms with Gasteiger partial charge in [-0.1, -0.05) is 13.8 Å².